The zero-order valence-electron chi connectivity index (χ0n) is 19.6. The molecule has 7 rings (SSSR count). The lowest BCUT2D eigenvalue weighted by atomic mass is 9.86. The molecule has 0 N–H and O–H groups in total. The number of amides is 2. The van der Waals surface area contributed by atoms with E-state index < -0.39 is 17.9 Å². The maximum absolute atomic E-state index is 14.2. The van der Waals surface area contributed by atoms with Crippen molar-refractivity contribution in [1.29, 1.82) is 0 Å². The van der Waals surface area contributed by atoms with Gasteiger partial charge in [-0.15, -0.1) is 0 Å². The van der Waals surface area contributed by atoms with Crippen molar-refractivity contribution < 1.29 is 14.4 Å². The molecule has 4 aromatic carbocycles. The first-order valence-electron chi connectivity index (χ1n) is 12.3. The van der Waals surface area contributed by atoms with Crippen LogP contribution < -0.4 is 9.80 Å². The second-order valence-electron chi connectivity index (χ2n) is 9.69. The molecule has 0 aliphatic carbocycles. The highest BCUT2D eigenvalue weighted by molar-refractivity contribution is 9.10. The van der Waals surface area contributed by atoms with Gasteiger partial charge >= 0.3 is 0 Å². The second kappa shape index (κ2) is 8.25. The zero-order chi connectivity index (χ0) is 25.3. The van der Waals surface area contributed by atoms with E-state index >= 15 is 0 Å². The Bertz CT molecular complexity index is 1640. The van der Waals surface area contributed by atoms with Crippen molar-refractivity contribution in [3.05, 3.63) is 113 Å². The molecule has 3 heterocycles. The summed E-state index contributed by atoms with van der Waals surface area (Å²) in [6, 6.07) is 27.2. The Kier molecular flexibility index (Phi) is 4.95. The molecule has 2 fully saturated rings. The molecule has 4 atom stereocenters. The molecular formula is C31H21BrN2O3. The van der Waals surface area contributed by atoms with E-state index in [1.54, 1.807) is 12.1 Å². The Morgan fingerprint density at radius 2 is 1.41 bits per heavy atom. The summed E-state index contributed by atoms with van der Waals surface area (Å²) >= 11 is 3.43. The molecule has 37 heavy (non-hydrogen) atoms. The number of para-hydroxylation sites is 1. The molecule has 0 bridgehead atoms. The van der Waals surface area contributed by atoms with Crippen molar-refractivity contribution in [2.45, 2.75) is 12.1 Å². The number of hydrogen-bond donors (Lipinski definition) is 0. The standard InChI is InChI=1S/C31H21BrN2O3/c32-21-15-12-20(13-16-21)29(35)28-27-26(25-17-14-19-7-2-4-10-23(19)33(25)28)30(36)34(31(27)37)24-11-5-8-18-6-1-3-9-22(18)24/h1-17,25-28H/t25-,26-,27+,28-/m0/s1. The van der Waals surface area contributed by atoms with Gasteiger partial charge in [0.25, 0.3) is 0 Å². The van der Waals surface area contributed by atoms with E-state index in [0.717, 1.165) is 26.5 Å². The van der Waals surface area contributed by atoms with Gasteiger partial charge < -0.3 is 4.90 Å². The first-order chi connectivity index (χ1) is 18.0. The number of rotatable bonds is 3. The topological polar surface area (TPSA) is 57.7 Å². The van der Waals surface area contributed by atoms with Gasteiger partial charge in [0, 0.05) is 21.1 Å². The lowest BCUT2D eigenvalue weighted by Gasteiger charge is -2.36. The lowest BCUT2D eigenvalue weighted by Crippen LogP contribution is -2.48. The highest BCUT2D eigenvalue weighted by atomic mass is 79.9. The summed E-state index contributed by atoms with van der Waals surface area (Å²) in [4.78, 5) is 45.7. The molecule has 0 aromatic heterocycles. The maximum atomic E-state index is 14.2. The Hall–Kier alpha value is -4.03. The number of Topliss-reactive ketones (excluding diaryl/α,β-unsaturated/α-hetero) is 1. The number of halogens is 1. The van der Waals surface area contributed by atoms with Crippen LogP contribution in [0, 0.1) is 11.8 Å². The molecule has 180 valence electrons. The number of carbonyl (C=O) groups excluding carboxylic acids is 3. The third kappa shape index (κ3) is 3.18. The van der Waals surface area contributed by atoms with Gasteiger partial charge in [0.05, 0.1) is 23.6 Å². The average Bonchev–Trinajstić information content (AvgIpc) is 3.41. The molecule has 6 heteroatoms. The Morgan fingerprint density at radius 1 is 0.730 bits per heavy atom. The van der Waals surface area contributed by atoms with Gasteiger partial charge in [-0.1, -0.05) is 94.8 Å². The molecule has 2 saturated heterocycles. The molecule has 5 nitrogen and oxygen atoms in total. The number of nitrogens with zero attached hydrogens (tertiary/aromatic N) is 2. The summed E-state index contributed by atoms with van der Waals surface area (Å²) in [7, 11) is 0. The Morgan fingerprint density at radius 3 is 2.24 bits per heavy atom. The fourth-order valence-electron chi connectivity index (χ4n) is 6.24. The van der Waals surface area contributed by atoms with Gasteiger partial charge in [-0.05, 0) is 35.2 Å². The fourth-order valence-corrected chi connectivity index (χ4v) is 6.50. The number of fused-ring (bicyclic) bond motifs is 6. The van der Waals surface area contributed by atoms with Crippen LogP contribution in [-0.4, -0.2) is 29.7 Å². The Labute approximate surface area is 222 Å². The normalized spacial score (nSPS) is 23.8. The van der Waals surface area contributed by atoms with Gasteiger partial charge in [0.2, 0.25) is 11.8 Å². The first-order valence-corrected chi connectivity index (χ1v) is 13.0. The predicted octanol–water partition coefficient (Wildman–Crippen LogP) is 5.88. The van der Waals surface area contributed by atoms with Gasteiger partial charge in [0.1, 0.15) is 6.04 Å². The van der Waals surface area contributed by atoms with Crippen molar-refractivity contribution >= 4 is 61.8 Å². The zero-order valence-corrected chi connectivity index (χ0v) is 21.2. The number of benzene rings is 4. The molecule has 0 spiro atoms. The SMILES string of the molecule is O=C(c1ccc(Br)cc1)[C@@H]1[C@@H]2C(=O)N(c3cccc4ccccc34)C(=O)[C@H]2[C@@H]2C=Cc3ccccc3N12. The van der Waals surface area contributed by atoms with Crippen LogP contribution >= 0.6 is 15.9 Å². The quantitative estimate of drug-likeness (QED) is 0.237. The van der Waals surface area contributed by atoms with Crippen LogP contribution in [0.4, 0.5) is 11.4 Å². The summed E-state index contributed by atoms with van der Waals surface area (Å²) in [6.45, 7) is 0. The third-order valence-corrected chi connectivity index (χ3v) is 8.35. The maximum Gasteiger partial charge on any atom is 0.240 e. The van der Waals surface area contributed by atoms with Crippen LogP contribution in [0.5, 0.6) is 0 Å². The van der Waals surface area contributed by atoms with Crippen LogP contribution in [0.15, 0.2) is 102 Å². The predicted molar refractivity (Wildman–Crippen MR) is 147 cm³/mol. The van der Waals surface area contributed by atoms with Gasteiger partial charge in [-0.2, -0.15) is 0 Å². The molecular weight excluding hydrogens is 528 g/mol. The smallest absolute Gasteiger partial charge is 0.240 e. The van der Waals surface area contributed by atoms with Crippen LogP contribution in [0.3, 0.4) is 0 Å². The first kappa shape index (κ1) is 22.2. The highest BCUT2D eigenvalue weighted by Gasteiger charge is 2.64. The number of imide groups is 1. The Balaban J connectivity index is 1.39. The molecule has 3 aliphatic heterocycles. The van der Waals surface area contributed by atoms with E-state index in [-0.39, 0.29) is 23.6 Å². The number of carbonyl (C=O) groups is 3. The molecule has 3 aliphatic rings. The second-order valence-corrected chi connectivity index (χ2v) is 10.6. The van der Waals surface area contributed by atoms with Crippen LogP contribution in [-0.2, 0) is 9.59 Å². The minimum atomic E-state index is -0.793. The van der Waals surface area contributed by atoms with E-state index in [4.69, 9.17) is 0 Å². The summed E-state index contributed by atoms with van der Waals surface area (Å²) in [5, 5.41) is 1.79. The molecule has 4 aromatic rings. The average molecular weight is 549 g/mol. The lowest BCUT2D eigenvalue weighted by molar-refractivity contribution is -0.122. The molecule has 2 amide bonds. The highest BCUT2D eigenvalue weighted by Crippen LogP contribution is 2.50. The summed E-state index contributed by atoms with van der Waals surface area (Å²) < 4.78 is 0.867. The van der Waals surface area contributed by atoms with Crippen LogP contribution in [0.2, 0.25) is 0 Å². The molecule has 0 saturated carbocycles. The summed E-state index contributed by atoms with van der Waals surface area (Å²) in [5.74, 6) is -2.17. The van der Waals surface area contributed by atoms with E-state index in [2.05, 4.69) is 15.9 Å². The van der Waals surface area contributed by atoms with E-state index in [1.165, 1.54) is 4.90 Å². The van der Waals surface area contributed by atoms with Crippen molar-refractivity contribution in [2.75, 3.05) is 9.80 Å². The number of hydrogen-bond acceptors (Lipinski definition) is 4. The largest absolute Gasteiger partial charge is 0.352 e. The molecule has 0 unspecified atom stereocenters. The third-order valence-electron chi connectivity index (χ3n) is 7.82. The summed E-state index contributed by atoms with van der Waals surface area (Å²) in [5.41, 5.74) is 2.93. The van der Waals surface area contributed by atoms with Gasteiger partial charge in [-0.3, -0.25) is 14.4 Å². The van der Waals surface area contributed by atoms with Crippen molar-refractivity contribution in [3.63, 3.8) is 0 Å². The van der Waals surface area contributed by atoms with E-state index in [0.29, 0.717) is 11.3 Å². The van der Waals surface area contributed by atoms with Crippen LogP contribution in [0.1, 0.15) is 15.9 Å². The minimum Gasteiger partial charge on any atom is -0.352 e. The monoisotopic (exact) mass is 548 g/mol. The van der Waals surface area contributed by atoms with Crippen molar-refractivity contribution in [1.82, 2.24) is 0 Å². The van der Waals surface area contributed by atoms with Gasteiger partial charge in [0.15, 0.2) is 5.78 Å². The summed E-state index contributed by atoms with van der Waals surface area (Å²) in [6.07, 6.45) is 3.98. The van der Waals surface area contributed by atoms with Crippen LogP contribution in [0.25, 0.3) is 16.8 Å². The number of ketones is 1. The fraction of sp³-hybridized carbons (Fsp3) is 0.129. The van der Waals surface area contributed by atoms with E-state index in [1.807, 2.05) is 95.9 Å². The van der Waals surface area contributed by atoms with E-state index in [9.17, 15) is 14.4 Å². The van der Waals surface area contributed by atoms with Crippen molar-refractivity contribution in [2.24, 2.45) is 11.8 Å². The molecule has 0 radical (unpaired) electrons. The number of anilines is 2. The van der Waals surface area contributed by atoms with Gasteiger partial charge in [-0.25, -0.2) is 4.90 Å². The minimum absolute atomic E-state index is 0.156. The van der Waals surface area contributed by atoms with Crippen molar-refractivity contribution in [3.8, 4) is 0 Å².